The third kappa shape index (κ3) is 2.46. The fourth-order valence-electron chi connectivity index (χ4n) is 1.98. The average Bonchev–Trinajstić information content (AvgIpc) is 2.79. The number of aryl methyl sites for hydroxylation is 1. The Bertz CT molecular complexity index is 706. The van der Waals surface area contributed by atoms with Crippen LogP contribution in [0.2, 0.25) is 0 Å². The van der Waals surface area contributed by atoms with Crippen molar-refractivity contribution >= 4 is 27.4 Å². The fourth-order valence-corrected chi connectivity index (χ4v) is 2.36. The Kier molecular flexibility index (Phi) is 3.21. The van der Waals surface area contributed by atoms with Gasteiger partial charge in [-0.15, -0.1) is 0 Å². The minimum Gasteiger partial charge on any atom is -0.363 e. The first-order valence-corrected chi connectivity index (χ1v) is 6.81. The van der Waals surface area contributed by atoms with Crippen LogP contribution in [-0.4, -0.2) is 14.4 Å². The van der Waals surface area contributed by atoms with Gasteiger partial charge in [-0.2, -0.15) is 0 Å². The van der Waals surface area contributed by atoms with Crippen LogP contribution in [0.25, 0.3) is 5.65 Å². The molecule has 0 aliphatic heterocycles. The van der Waals surface area contributed by atoms with Crippen LogP contribution in [0.15, 0.2) is 47.3 Å². The van der Waals surface area contributed by atoms with E-state index in [-0.39, 0.29) is 0 Å². The molecule has 0 aliphatic rings. The van der Waals surface area contributed by atoms with E-state index in [1.807, 2.05) is 41.9 Å². The van der Waals surface area contributed by atoms with Gasteiger partial charge in [-0.25, -0.2) is 9.97 Å². The number of rotatable bonds is 3. The summed E-state index contributed by atoms with van der Waals surface area (Å²) in [5, 5.41) is 3.33. The number of benzene rings is 1. The molecule has 0 amide bonds. The summed E-state index contributed by atoms with van der Waals surface area (Å²) < 4.78 is 2.81. The standard InChI is InChI=1S/C14H13BrN4/c1-10-7-17-14-13(18-12(15)9-19(10)14)16-8-11-5-3-2-4-6-11/h2-7,9H,8H2,1H3,(H,16,18). The minimum absolute atomic E-state index is 0.728. The summed E-state index contributed by atoms with van der Waals surface area (Å²) in [6.45, 7) is 2.75. The molecule has 19 heavy (non-hydrogen) atoms. The maximum absolute atomic E-state index is 4.45. The van der Waals surface area contributed by atoms with E-state index in [0.717, 1.165) is 28.3 Å². The van der Waals surface area contributed by atoms with Crippen LogP contribution in [0, 0.1) is 6.92 Å². The van der Waals surface area contributed by atoms with Crippen molar-refractivity contribution in [2.45, 2.75) is 13.5 Å². The van der Waals surface area contributed by atoms with Crippen LogP contribution < -0.4 is 5.32 Å². The molecule has 0 unspecified atom stereocenters. The molecule has 0 spiro atoms. The third-order valence-corrected chi connectivity index (χ3v) is 3.33. The third-order valence-electron chi connectivity index (χ3n) is 2.95. The molecule has 0 bridgehead atoms. The molecule has 96 valence electrons. The Balaban J connectivity index is 1.92. The zero-order valence-corrected chi connectivity index (χ0v) is 12.1. The molecule has 0 saturated heterocycles. The Morgan fingerprint density at radius 3 is 2.84 bits per heavy atom. The Morgan fingerprint density at radius 2 is 2.05 bits per heavy atom. The van der Waals surface area contributed by atoms with Crippen molar-refractivity contribution in [3.8, 4) is 0 Å². The molecular weight excluding hydrogens is 304 g/mol. The predicted molar refractivity (Wildman–Crippen MR) is 79.2 cm³/mol. The molecule has 3 rings (SSSR count). The summed E-state index contributed by atoms with van der Waals surface area (Å²) in [5.74, 6) is 0.784. The van der Waals surface area contributed by atoms with Crippen LogP contribution >= 0.6 is 15.9 Å². The largest absolute Gasteiger partial charge is 0.363 e. The first kappa shape index (κ1) is 12.2. The molecule has 0 aliphatic carbocycles. The lowest BCUT2D eigenvalue weighted by Gasteiger charge is -2.08. The summed E-state index contributed by atoms with van der Waals surface area (Å²) in [6.07, 6.45) is 3.77. The second kappa shape index (κ2) is 5.01. The molecule has 2 heterocycles. The number of nitrogens with zero attached hydrogens (tertiary/aromatic N) is 3. The van der Waals surface area contributed by atoms with E-state index in [0.29, 0.717) is 0 Å². The molecule has 3 aromatic rings. The van der Waals surface area contributed by atoms with Crippen molar-refractivity contribution in [1.82, 2.24) is 14.4 Å². The van der Waals surface area contributed by atoms with Crippen molar-refractivity contribution in [1.29, 1.82) is 0 Å². The topological polar surface area (TPSA) is 42.2 Å². The lowest BCUT2D eigenvalue weighted by Crippen LogP contribution is -2.04. The predicted octanol–water partition coefficient (Wildman–Crippen LogP) is 3.41. The lowest BCUT2D eigenvalue weighted by atomic mass is 10.2. The van der Waals surface area contributed by atoms with Gasteiger partial charge in [0.15, 0.2) is 11.5 Å². The fraction of sp³-hybridized carbons (Fsp3) is 0.143. The number of halogens is 1. The maximum Gasteiger partial charge on any atom is 0.180 e. The summed E-state index contributed by atoms with van der Waals surface area (Å²) in [6, 6.07) is 10.2. The van der Waals surface area contributed by atoms with Gasteiger partial charge in [0.2, 0.25) is 0 Å². The summed E-state index contributed by atoms with van der Waals surface area (Å²) >= 11 is 3.43. The summed E-state index contributed by atoms with van der Waals surface area (Å²) in [4.78, 5) is 8.84. The molecule has 0 radical (unpaired) electrons. The van der Waals surface area contributed by atoms with Gasteiger partial charge in [0.05, 0.1) is 0 Å². The molecule has 1 N–H and O–H groups in total. The first-order chi connectivity index (χ1) is 9.24. The molecule has 0 saturated carbocycles. The van der Waals surface area contributed by atoms with Gasteiger partial charge in [0, 0.05) is 24.6 Å². The van der Waals surface area contributed by atoms with Gasteiger partial charge in [-0.3, -0.25) is 4.40 Å². The zero-order chi connectivity index (χ0) is 13.2. The highest BCUT2D eigenvalue weighted by Crippen LogP contribution is 2.19. The SMILES string of the molecule is Cc1cnc2c(NCc3ccccc3)nc(Br)cn12. The highest BCUT2D eigenvalue weighted by Gasteiger charge is 2.08. The molecule has 0 fully saturated rings. The zero-order valence-electron chi connectivity index (χ0n) is 10.5. The van der Waals surface area contributed by atoms with Crippen molar-refractivity contribution in [2.24, 2.45) is 0 Å². The van der Waals surface area contributed by atoms with E-state index < -0.39 is 0 Å². The first-order valence-electron chi connectivity index (χ1n) is 6.02. The summed E-state index contributed by atoms with van der Waals surface area (Å²) in [5.41, 5.74) is 3.14. The smallest absolute Gasteiger partial charge is 0.180 e. The second-order valence-corrected chi connectivity index (χ2v) is 5.16. The molecule has 2 aromatic heterocycles. The van der Waals surface area contributed by atoms with Gasteiger partial charge < -0.3 is 5.32 Å². The van der Waals surface area contributed by atoms with E-state index >= 15 is 0 Å². The van der Waals surface area contributed by atoms with Gasteiger partial charge in [0.1, 0.15) is 4.60 Å². The van der Waals surface area contributed by atoms with Gasteiger partial charge in [-0.1, -0.05) is 30.3 Å². The Labute approximate surface area is 119 Å². The minimum atomic E-state index is 0.728. The lowest BCUT2D eigenvalue weighted by molar-refractivity contribution is 1.03. The average molecular weight is 317 g/mol. The van der Waals surface area contributed by atoms with Gasteiger partial charge in [-0.05, 0) is 28.4 Å². The summed E-state index contributed by atoms with van der Waals surface area (Å²) in [7, 11) is 0. The maximum atomic E-state index is 4.45. The molecular formula is C14H13BrN4. The van der Waals surface area contributed by atoms with Gasteiger partial charge >= 0.3 is 0 Å². The normalized spacial score (nSPS) is 10.8. The van der Waals surface area contributed by atoms with Crippen LogP contribution in [-0.2, 0) is 6.54 Å². The van der Waals surface area contributed by atoms with Crippen LogP contribution in [0.1, 0.15) is 11.3 Å². The van der Waals surface area contributed by atoms with Crippen molar-refractivity contribution in [3.05, 3.63) is 58.6 Å². The quantitative estimate of drug-likeness (QED) is 0.805. The highest BCUT2D eigenvalue weighted by molar-refractivity contribution is 9.10. The Morgan fingerprint density at radius 1 is 1.26 bits per heavy atom. The van der Waals surface area contributed by atoms with E-state index in [4.69, 9.17) is 0 Å². The molecule has 4 nitrogen and oxygen atoms in total. The monoisotopic (exact) mass is 316 g/mol. The Hall–Kier alpha value is -1.88. The number of imidazole rings is 1. The van der Waals surface area contributed by atoms with E-state index in [1.54, 1.807) is 0 Å². The van der Waals surface area contributed by atoms with E-state index in [9.17, 15) is 0 Å². The van der Waals surface area contributed by atoms with E-state index in [2.05, 4.69) is 43.3 Å². The highest BCUT2D eigenvalue weighted by atomic mass is 79.9. The van der Waals surface area contributed by atoms with Crippen molar-refractivity contribution in [2.75, 3.05) is 5.32 Å². The number of anilines is 1. The molecule has 1 aromatic carbocycles. The van der Waals surface area contributed by atoms with Crippen LogP contribution in [0.3, 0.4) is 0 Å². The second-order valence-electron chi connectivity index (χ2n) is 4.34. The number of hydrogen-bond acceptors (Lipinski definition) is 3. The van der Waals surface area contributed by atoms with E-state index in [1.165, 1.54) is 5.56 Å². The van der Waals surface area contributed by atoms with Gasteiger partial charge in [0.25, 0.3) is 0 Å². The number of fused-ring (bicyclic) bond motifs is 1. The number of nitrogens with one attached hydrogen (secondary N) is 1. The van der Waals surface area contributed by atoms with Crippen LogP contribution in [0.5, 0.6) is 0 Å². The van der Waals surface area contributed by atoms with Crippen LogP contribution in [0.4, 0.5) is 5.82 Å². The molecule has 5 heteroatoms. The number of aromatic nitrogens is 3. The number of hydrogen-bond donors (Lipinski definition) is 1. The van der Waals surface area contributed by atoms with Crippen molar-refractivity contribution in [3.63, 3.8) is 0 Å². The van der Waals surface area contributed by atoms with Crippen molar-refractivity contribution < 1.29 is 0 Å². The molecule has 0 atom stereocenters.